The highest BCUT2D eigenvalue weighted by Gasteiger charge is 2.12. The minimum Gasteiger partial charge on any atom is -0.362 e. The summed E-state index contributed by atoms with van der Waals surface area (Å²) < 4.78 is 1.71. The van der Waals surface area contributed by atoms with E-state index in [1.54, 1.807) is 10.8 Å². The molecule has 0 spiro atoms. The predicted octanol–water partition coefficient (Wildman–Crippen LogP) is 3.45. The summed E-state index contributed by atoms with van der Waals surface area (Å²) in [6.45, 7) is 2.13. The molecule has 0 saturated carbocycles. The van der Waals surface area contributed by atoms with Crippen molar-refractivity contribution < 1.29 is 0 Å². The largest absolute Gasteiger partial charge is 0.362 e. The second-order valence-corrected chi connectivity index (χ2v) is 5.27. The molecule has 0 unspecified atom stereocenters. The zero-order valence-electron chi connectivity index (χ0n) is 12.1. The van der Waals surface area contributed by atoms with Gasteiger partial charge in [0.05, 0.1) is 6.04 Å². The molecule has 4 rings (SSSR count). The molecule has 1 N–H and O–H groups in total. The molecule has 0 aliphatic heterocycles. The number of fused-ring (bicyclic) bond motifs is 3. The van der Waals surface area contributed by atoms with E-state index >= 15 is 0 Å². The van der Waals surface area contributed by atoms with Crippen LogP contribution in [-0.2, 0) is 0 Å². The normalized spacial score (nSPS) is 12.6. The lowest BCUT2D eigenvalue weighted by Crippen LogP contribution is -2.10. The van der Waals surface area contributed by atoms with Gasteiger partial charge in [-0.25, -0.2) is 0 Å². The van der Waals surface area contributed by atoms with Gasteiger partial charge in [0.25, 0.3) is 0 Å². The molecule has 0 amide bonds. The number of benzene rings is 2. The standard InChI is InChI=1S/C17H15N5/c1-12(13-7-3-2-4-8-13)19-16-14-9-5-6-10-15(14)17-20-18-11-22(17)21-16/h2-12H,1H3,(H,19,21)/t12-/m1/s1. The van der Waals surface area contributed by atoms with Crippen LogP contribution in [0.3, 0.4) is 0 Å². The lowest BCUT2D eigenvalue weighted by molar-refractivity contribution is 0.850. The van der Waals surface area contributed by atoms with E-state index in [-0.39, 0.29) is 6.04 Å². The number of hydrogen-bond donors (Lipinski definition) is 1. The van der Waals surface area contributed by atoms with Gasteiger partial charge < -0.3 is 5.32 Å². The molecule has 0 saturated heterocycles. The molecular formula is C17H15N5. The quantitative estimate of drug-likeness (QED) is 0.627. The fourth-order valence-corrected chi connectivity index (χ4v) is 2.66. The molecule has 22 heavy (non-hydrogen) atoms. The number of aromatic nitrogens is 4. The van der Waals surface area contributed by atoms with Gasteiger partial charge in [-0.2, -0.15) is 4.52 Å². The topological polar surface area (TPSA) is 55.1 Å². The maximum absolute atomic E-state index is 4.61. The van der Waals surface area contributed by atoms with Crippen molar-refractivity contribution in [1.29, 1.82) is 0 Å². The van der Waals surface area contributed by atoms with Crippen LogP contribution in [0.4, 0.5) is 5.82 Å². The van der Waals surface area contributed by atoms with E-state index in [0.29, 0.717) is 0 Å². The van der Waals surface area contributed by atoms with Gasteiger partial charge in [-0.15, -0.1) is 15.3 Å². The Hall–Kier alpha value is -2.95. The summed E-state index contributed by atoms with van der Waals surface area (Å²) in [4.78, 5) is 0. The first kappa shape index (κ1) is 12.8. The van der Waals surface area contributed by atoms with Crippen molar-refractivity contribution in [3.63, 3.8) is 0 Å². The molecule has 1 atom stereocenters. The molecule has 0 aliphatic carbocycles. The zero-order valence-corrected chi connectivity index (χ0v) is 12.1. The maximum Gasteiger partial charge on any atom is 0.185 e. The molecule has 2 aromatic heterocycles. The van der Waals surface area contributed by atoms with Crippen LogP contribution in [0.1, 0.15) is 18.5 Å². The molecular weight excluding hydrogens is 274 g/mol. The Morgan fingerprint density at radius 3 is 2.50 bits per heavy atom. The van der Waals surface area contributed by atoms with E-state index in [1.165, 1.54) is 5.56 Å². The molecule has 5 heteroatoms. The molecule has 0 fully saturated rings. The Bertz CT molecular complexity index is 930. The Morgan fingerprint density at radius 2 is 1.68 bits per heavy atom. The van der Waals surface area contributed by atoms with Gasteiger partial charge in [-0.3, -0.25) is 0 Å². The van der Waals surface area contributed by atoms with Crippen molar-refractivity contribution in [3.8, 4) is 0 Å². The van der Waals surface area contributed by atoms with Crippen molar-refractivity contribution >= 4 is 22.2 Å². The highest BCUT2D eigenvalue weighted by molar-refractivity contribution is 5.99. The minimum absolute atomic E-state index is 0.158. The summed E-state index contributed by atoms with van der Waals surface area (Å²) in [7, 11) is 0. The molecule has 2 aromatic carbocycles. The predicted molar refractivity (Wildman–Crippen MR) is 86.8 cm³/mol. The van der Waals surface area contributed by atoms with Gasteiger partial charge in [0.1, 0.15) is 6.33 Å². The molecule has 5 nitrogen and oxygen atoms in total. The third-order valence-electron chi connectivity index (χ3n) is 3.81. The van der Waals surface area contributed by atoms with Crippen molar-refractivity contribution in [3.05, 3.63) is 66.5 Å². The fraction of sp³-hybridized carbons (Fsp3) is 0.118. The van der Waals surface area contributed by atoms with Crippen LogP contribution in [0.2, 0.25) is 0 Å². The van der Waals surface area contributed by atoms with E-state index in [0.717, 1.165) is 22.2 Å². The summed E-state index contributed by atoms with van der Waals surface area (Å²) in [5.41, 5.74) is 1.99. The van der Waals surface area contributed by atoms with Crippen LogP contribution < -0.4 is 5.32 Å². The van der Waals surface area contributed by atoms with E-state index < -0.39 is 0 Å². The van der Waals surface area contributed by atoms with Crippen LogP contribution >= 0.6 is 0 Å². The van der Waals surface area contributed by atoms with E-state index in [1.807, 2.05) is 36.4 Å². The van der Waals surface area contributed by atoms with Crippen LogP contribution in [0.25, 0.3) is 16.4 Å². The third kappa shape index (κ3) is 2.07. The van der Waals surface area contributed by atoms with Gasteiger partial charge in [-0.1, -0.05) is 54.6 Å². The molecule has 0 bridgehead atoms. The zero-order chi connectivity index (χ0) is 14.9. The van der Waals surface area contributed by atoms with Crippen molar-refractivity contribution in [1.82, 2.24) is 19.8 Å². The van der Waals surface area contributed by atoms with E-state index in [2.05, 4.69) is 45.7 Å². The van der Waals surface area contributed by atoms with Gasteiger partial charge in [0.15, 0.2) is 11.5 Å². The molecule has 2 heterocycles. The van der Waals surface area contributed by atoms with Crippen molar-refractivity contribution in [2.75, 3.05) is 5.32 Å². The monoisotopic (exact) mass is 289 g/mol. The van der Waals surface area contributed by atoms with Crippen LogP contribution in [0.5, 0.6) is 0 Å². The summed E-state index contributed by atoms with van der Waals surface area (Å²) >= 11 is 0. The highest BCUT2D eigenvalue weighted by Crippen LogP contribution is 2.26. The first-order valence-corrected chi connectivity index (χ1v) is 7.23. The van der Waals surface area contributed by atoms with Crippen LogP contribution in [-0.4, -0.2) is 19.8 Å². The number of nitrogens with one attached hydrogen (secondary N) is 1. The van der Waals surface area contributed by atoms with Gasteiger partial charge in [0.2, 0.25) is 0 Å². The van der Waals surface area contributed by atoms with Crippen LogP contribution in [0, 0.1) is 0 Å². The number of hydrogen-bond acceptors (Lipinski definition) is 4. The molecule has 0 radical (unpaired) electrons. The van der Waals surface area contributed by atoms with Gasteiger partial charge in [-0.05, 0) is 12.5 Å². The Kier molecular flexibility index (Phi) is 2.96. The van der Waals surface area contributed by atoms with Crippen molar-refractivity contribution in [2.24, 2.45) is 0 Å². The van der Waals surface area contributed by atoms with Gasteiger partial charge in [0, 0.05) is 10.8 Å². The SMILES string of the molecule is C[C@@H](Nc1nn2cnnc2c2ccccc12)c1ccccc1. The first-order chi connectivity index (χ1) is 10.8. The second kappa shape index (κ2) is 5.11. The average Bonchev–Trinajstić information content (AvgIpc) is 3.04. The number of rotatable bonds is 3. The Morgan fingerprint density at radius 1 is 0.955 bits per heavy atom. The average molecular weight is 289 g/mol. The van der Waals surface area contributed by atoms with E-state index in [4.69, 9.17) is 0 Å². The number of anilines is 1. The fourth-order valence-electron chi connectivity index (χ4n) is 2.66. The molecule has 0 aliphatic rings. The van der Waals surface area contributed by atoms with Crippen molar-refractivity contribution in [2.45, 2.75) is 13.0 Å². The van der Waals surface area contributed by atoms with E-state index in [9.17, 15) is 0 Å². The maximum atomic E-state index is 4.61. The summed E-state index contributed by atoms with van der Waals surface area (Å²) in [6.07, 6.45) is 1.63. The Balaban J connectivity index is 1.83. The third-order valence-corrected chi connectivity index (χ3v) is 3.81. The Labute approximate surface area is 127 Å². The highest BCUT2D eigenvalue weighted by atomic mass is 15.4. The first-order valence-electron chi connectivity index (χ1n) is 7.23. The minimum atomic E-state index is 0.158. The van der Waals surface area contributed by atoms with Gasteiger partial charge >= 0.3 is 0 Å². The summed E-state index contributed by atoms with van der Waals surface area (Å²) in [5, 5.41) is 18.3. The smallest absolute Gasteiger partial charge is 0.185 e. The van der Waals surface area contributed by atoms with Crippen LogP contribution in [0.15, 0.2) is 60.9 Å². The second-order valence-electron chi connectivity index (χ2n) is 5.27. The molecule has 4 aromatic rings. The summed E-state index contributed by atoms with van der Waals surface area (Å²) in [6, 6.07) is 18.6. The lowest BCUT2D eigenvalue weighted by atomic mass is 10.1. The number of nitrogens with zero attached hydrogens (tertiary/aromatic N) is 4. The lowest BCUT2D eigenvalue weighted by Gasteiger charge is -2.16. The molecule has 108 valence electrons. The summed E-state index contributed by atoms with van der Waals surface area (Å²) in [5.74, 6) is 0.833.